The molecule has 2 rings (SSSR count). The van der Waals surface area contributed by atoms with Gasteiger partial charge in [-0.05, 0) is 12.8 Å². The maximum atomic E-state index is 11.7. The van der Waals surface area contributed by atoms with Crippen molar-refractivity contribution in [3.8, 4) is 0 Å². The number of carbonyl (C=O) groups excluding carboxylic acids is 3. The second kappa shape index (κ2) is 13.5. The van der Waals surface area contributed by atoms with Crippen molar-refractivity contribution in [2.75, 3.05) is 6.61 Å². The molecule has 1 aliphatic rings. The number of amides is 1. The molecule has 0 bridgehead atoms. The fourth-order valence-electron chi connectivity index (χ4n) is 3.55. The quantitative estimate of drug-likeness (QED) is 0.169. The molecule has 5 atom stereocenters. The third-order valence-electron chi connectivity index (χ3n) is 5.44. The molecule has 13 heteroatoms. The molecule has 0 aromatic carbocycles. The van der Waals surface area contributed by atoms with Crippen LogP contribution in [0.3, 0.4) is 0 Å². The van der Waals surface area contributed by atoms with Crippen molar-refractivity contribution in [3.05, 3.63) is 11.9 Å². The van der Waals surface area contributed by atoms with E-state index in [-0.39, 0.29) is 36.7 Å². The molecule has 1 amide bonds. The van der Waals surface area contributed by atoms with Gasteiger partial charge in [-0.1, -0.05) is 36.8 Å². The number of aromatic nitrogens is 3. The number of esters is 1. The number of rotatable bonds is 12. The number of thiol groups is 1. The summed E-state index contributed by atoms with van der Waals surface area (Å²) in [6.45, 7) is 7.74. The van der Waals surface area contributed by atoms with Gasteiger partial charge in [0.1, 0.15) is 17.9 Å². The first-order valence-corrected chi connectivity index (χ1v) is 11.3. The van der Waals surface area contributed by atoms with Gasteiger partial charge >= 0.3 is 11.9 Å². The zero-order chi connectivity index (χ0) is 24.4. The molecular weight excluding hydrogens is 454 g/mol. The van der Waals surface area contributed by atoms with Gasteiger partial charge in [-0.3, -0.25) is 14.4 Å². The van der Waals surface area contributed by atoms with Gasteiger partial charge in [0.25, 0.3) is 0 Å². The summed E-state index contributed by atoms with van der Waals surface area (Å²) in [6.07, 6.45) is 1.71. The Morgan fingerprint density at radius 3 is 2.64 bits per heavy atom. The zero-order valence-corrected chi connectivity index (χ0v) is 20.2. The molecule has 33 heavy (non-hydrogen) atoms. The molecule has 1 saturated heterocycles. The summed E-state index contributed by atoms with van der Waals surface area (Å²) in [5.74, 6) is -1.00. The Labute approximate surface area is 198 Å². The highest BCUT2D eigenvalue weighted by molar-refractivity contribution is 7.77. The Morgan fingerprint density at radius 2 is 1.97 bits per heavy atom. The van der Waals surface area contributed by atoms with Crippen LogP contribution in [0, 0.1) is 11.8 Å². The minimum Gasteiger partial charge on any atom is -0.459 e. The second-order valence-electron chi connectivity index (χ2n) is 8.07. The van der Waals surface area contributed by atoms with Crippen LogP contribution in [0.25, 0.3) is 0 Å². The first kappa shape index (κ1) is 27.0. The van der Waals surface area contributed by atoms with Crippen LogP contribution in [0.5, 0.6) is 0 Å². The Kier molecular flexibility index (Phi) is 11.0. The van der Waals surface area contributed by atoms with Crippen LogP contribution in [0.15, 0.2) is 6.20 Å². The normalized spacial score (nSPS) is 24.8. The van der Waals surface area contributed by atoms with E-state index in [4.69, 9.17) is 14.2 Å². The van der Waals surface area contributed by atoms with Gasteiger partial charge < -0.3 is 24.4 Å². The predicted molar refractivity (Wildman–Crippen MR) is 118 cm³/mol. The maximum absolute atomic E-state index is 11.7. The molecule has 0 radical (unpaired) electrons. The zero-order valence-electron chi connectivity index (χ0n) is 19.4. The summed E-state index contributed by atoms with van der Waals surface area (Å²) in [5.41, 5.74) is 0.603. The first-order chi connectivity index (χ1) is 15.7. The highest BCUT2D eigenvalue weighted by atomic mass is 32.1. The maximum Gasteiger partial charge on any atom is 0.325 e. The van der Waals surface area contributed by atoms with Crippen LogP contribution in [0.1, 0.15) is 52.7 Å². The third-order valence-corrected chi connectivity index (χ3v) is 5.53. The van der Waals surface area contributed by atoms with E-state index in [1.807, 2.05) is 13.8 Å². The smallest absolute Gasteiger partial charge is 0.325 e. The number of unbranched alkanes of at least 4 members (excludes halogenated alkanes) is 1. The minimum atomic E-state index is -0.509. The Morgan fingerprint density at radius 1 is 1.21 bits per heavy atom. The van der Waals surface area contributed by atoms with Gasteiger partial charge in [-0.2, -0.15) is 0 Å². The van der Waals surface area contributed by atoms with Crippen LogP contribution >= 0.6 is 12.8 Å². The molecule has 3 unspecified atom stereocenters. The summed E-state index contributed by atoms with van der Waals surface area (Å²) in [6, 6.07) is 0. The van der Waals surface area contributed by atoms with Crippen LogP contribution in [-0.2, 0) is 46.5 Å². The highest BCUT2D eigenvalue weighted by Gasteiger charge is 2.44. The van der Waals surface area contributed by atoms with E-state index < -0.39 is 24.5 Å². The molecule has 2 heterocycles. The molecule has 0 spiro atoms. The lowest BCUT2D eigenvalue weighted by Gasteiger charge is -2.43. The Balaban J connectivity index is 1.97. The standard InChI is InChI=1S/C20H33N5O7S/c1-12-13(2)20(29-8-6-5-7-18(28)32-24-33)31-17(19(12)30-15(4)27)11-25-10-16(22-23-25)9-21-14(3)26/h10,12-13,17,19-20,24,33H,5-9,11H2,1-4H3,(H,21,26)/t12-,13?,17?,19-,20?/m1/s1. The molecule has 2 N–H and O–H groups in total. The Hall–Kier alpha value is -2.22. The number of carbonyl (C=O) groups is 3. The van der Waals surface area contributed by atoms with Gasteiger partial charge in [0, 0.05) is 38.7 Å². The van der Waals surface area contributed by atoms with Crippen molar-refractivity contribution < 1.29 is 33.4 Å². The van der Waals surface area contributed by atoms with Crippen LogP contribution < -0.4 is 10.2 Å². The van der Waals surface area contributed by atoms with E-state index in [1.165, 1.54) is 13.8 Å². The summed E-state index contributed by atoms with van der Waals surface area (Å²) < 4.78 is 19.3. The number of hydrogen-bond acceptors (Lipinski definition) is 11. The summed E-state index contributed by atoms with van der Waals surface area (Å²) in [7, 11) is 0. The van der Waals surface area contributed by atoms with Crippen molar-refractivity contribution in [2.24, 2.45) is 11.8 Å². The van der Waals surface area contributed by atoms with Gasteiger partial charge in [0.2, 0.25) is 5.91 Å². The fraction of sp³-hybridized carbons (Fsp3) is 0.750. The highest BCUT2D eigenvalue weighted by Crippen LogP contribution is 2.34. The monoisotopic (exact) mass is 487 g/mol. The van der Waals surface area contributed by atoms with Crippen molar-refractivity contribution in [1.82, 2.24) is 25.2 Å². The van der Waals surface area contributed by atoms with Crippen molar-refractivity contribution >= 4 is 30.7 Å². The predicted octanol–water partition coefficient (Wildman–Crippen LogP) is 0.922. The third kappa shape index (κ3) is 8.91. The van der Waals surface area contributed by atoms with E-state index >= 15 is 0 Å². The van der Waals surface area contributed by atoms with Crippen LogP contribution in [-0.4, -0.2) is 57.9 Å². The Bertz CT molecular complexity index is 793. The first-order valence-electron chi connectivity index (χ1n) is 10.9. The summed E-state index contributed by atoms with van der Waals surface area (Å²) >= 11 is 3.61. The molecule has 1 aromatic rings. The molecule has 0 aliphatic carbocycles. The molecule has 186 valence electrons. The average Bonchev–Trinajstić information content (AvgIpc) is 3.20. The van der Waals surface area contributed by atoms with Gasteiger partial charge in [-0.25, -0.2) is 4.68 Å². The number of nitrogens with one attached hydrogen (secondary N) is 2. The second-order valence-corrected chi connectivity index (χ2v) is 8.25. The minimum absolute atomic E-state index is 0.0311. The molecule has 1 aliphatic heterocycles. The largest absolute Gasteiger partial charge is 0.459 e. The van der Waals surface area contributed by atoms with Crippen LogP contribution in [0.4, 0.5) is 0 Å². The lowest BCUT2D eigenvalue weighted by Crippen LogP contribution is -2.53. The topological polar surface area (TPSA) is 143 Å². The van der Waals surface area contributed by atoms with E-state index in [1.54, 1.807) is 10.9 Å². The van der Waals surface area contributed by atoms with Gasteiger partial charge in [0.05, 0.1) is 19.3 Å². The molecule has 0 saturated carbocycles. The van der Waals surface area contributed by atoms with Gasteiger partial charge in [0.15, 0.2) is 6.29 Å². The van der Waals surface area contributed by atoms with Crippen molar-refractivity contribution in [2.45, 2.75) is 78.5 Å². The molecule has 12 nitrogen and oxygen atoms in total. The summed E-state index contributed by atoms with van der Waals surface area (Å²) in [4.78, 5) is 40.8. The number of hydrogen-bond donors (Lipinski definition) is 3. The van der Waals surface area contributed by atoms with E-state index in [0.717, 1.165) is 0 Å². The molecular formula is C20H33N5O7S. The van der Waals surface area contributed by atoms with Crippen molar-refractivity contribution in [1.29, 1.82) is 0 Å². The number of ether oxygens (including phenoxy) is 3. The average molecular weight is 488 g/mol. The van der Waals surface area contributed by atoms with Crippen LogP contribution in [0.2, 0.25) is 0 Å². The fourth-order valence-corrected chi connectivity index (χ4v) is 3.65. The van der Waals surface area contributed by atoms with E-state index in [9.17, 15) is 14.4 Å². The van der Waals surface area contributed by atoms with E-state index in [0.29, 0.717) is 31.7 Å². The SMILES string of the molecule is CC(=O)NCc1cn(CC2OC(OCCCCC(=O)ONS)C(C)[C@@H](C)[C@H]2OC(C)=O)nn1. The number of nitrogens with zero attached hydrogens (tertiary/aromatic N) is 3. The van der Waals surface area contributed by atoms with Crippen molar-refractivity contribution in [3.63, 3.8) is 0 Å². The van der Waals surface area contributed by atoms with E-state index in [2.05, 4.69) is 38.2 Å². The lowest BCUT2D eigenvalue weighted by atomic mass is 9.84. The summed E-state index contributed by atoms with van der Waals surface area (Å²) in [5, 5.41) is 10.8. The lowest BCUT2D eigenvalue weighted by molar-refractivity contribution is -0.269. The molecule has 1 fully saturated rings. The molecule has 1 aromatic heterocycles. The van der Waals surface area contributed by atoms with Gasteiger partial charge in [-0.15, -0.1) is 5.10 Å².